The SMILES string of the molecule is CC[C@H]1CC[C@H]2[C@@H]3CCC4CCCC(N=O)[C@]4(C)[C@H]3CC[C@]12C. The molecule has 0 N–H and O–H groups in total. The summed E-state index contributed by atoms with van der Waals surface area (Å²) in [5.41, 5.74) is 0.812. The van der Waals surface area contributed by atoms with E-state index in [0.717, 1.165) is 36.0 Å². The van der Waals surface area contributed by atoms with Gasteiger partial charge in [-0.25, -0.2) is 0 Å². The third-order valence-electron chi connectivity index (χ3n) is 9.53. The van der Waals surface area contributed by atoms with Gasteiger partial charge in [0.15, 0.2) is 0 Å². The van der Waals surface area contributed by atoms with Gasteiger partial charge < -0.3 is 0 Å². The van der Waals surface area contributed by atoms with Crippen LogP contribution < -0.4 is 0 Å². The van der Waals surface area contributed by atoms with Crippen LogP contribution >= 0.6 is 0 Å². The van der Waals surface area contributed by atoms with Crippen LogP contribution in [0.3, 0.4) is 0 Å². The molecule has 4 saturated carbocycles. The Kier molecular flexibility index (Phi) is 3.89. The molecule has 0 heterocycles. The van der Waals surface area contributed by atoms with Crippen LogP contribution in [0, 0.1) is 45.3 Å². The first-order valence-electron chi connectivity index (χ1n) is 10.4. The van der Waals surface area contributed by atoms with Gasteiger partial charge in [-0.15, -0.1) is 0 Å². The van der Waals surface area contributed by atoms with Crippen molar-refractivity contribution >= 4 is 0 Å². The molecule has 0 amide bonds. The Morgan fingerprint density at radius 1 is 0.957 bits per heavy atom. The topological polar surface area (TPSA) is 29.4 Å². The molecule has 23 heavy (non-hydrogen) atoms. The molecule has 4 aliphatic carbocycles. The quantitative estimate of drug-likeness (QED) is 0.558. The lowest BCUT2D eigenvalue weighted by Crippen LogP contribution is -2.57. The fraction of sp³-hybridized carbons (Fsp3) is 1.00. The summed E-state index contributed by atoms with van der Waals surface area (Å²) in [6.45, 7) is 7.48. The molecule has 0 radical (unpaired) electrons. The molecule has 0 saturated heterocycles. The molecule has 0 aromatic rings. The average molecular weight is 318 g/mol. The fourth-order valence-corrected chi connectivity index (χ4v) is 8.26. The fourth-order valence-electron chi connectivity index (χ4n) is 8.26. The predicted molar refractivity (Wildman–Crippen MR) is 95.1 cm³/mol. The smallest absolute Gasteiger partial charge is 0.0978 e. The van der Waals surface area contributed by atoms with E-state index in [-0.39, 0.29) is 11.5 Å². The van der Waals surface area contributed by atoms with E-state index in [2.05, 4.69) is 25.9 Å². The Bertz CT molecular complexity index is 476. The van der Waals surface area contributed by atoms with E-state index in [1.807, 2.05) is 0 Å². The molecule has 130 valence electrons. The molecule has 4 rings (SSSR count). The third kappa shape index (κ3) is 2.05. The maximum absolute atomic E-state index is 11.6. The minimum atomic E-state index is 0.0989. The zero-order valence-electron chi connectivity index (χ0n) is 15.4. The van der Waals surface area contributed by atoms with Gasteiger partial charge in [-0.1, -0.05) is 38.8 Å². The summed E-state index contributed by atoms with van der Waals surface area (Å²) >= 11 is 0. The van der Waals surface area contributed by atoms with Crippen LogP contribution in [0.2, 0.25) is 0 Å². The minimum absolute atomic E-state index is 0.0989. The molecule has 0 aromatic heterocycles. The number of hydrogen-bond acceptors (Lipinski definition) is 2. The molecule has 0 spiro atoms. The molecule has 4 aliphatic rings. The van der Waals surface area contributed by atoms with Crippen LogP contribution in [0.15, 0.2) is 5.18 Å². The molecule has 0 aliphatic heterocycles. The van der Waals surface area contributed by atoms with Crippen molar-refractivity contribution in [3.8, 4) is 0 Å². The highest BCUT2D eigenvalue weighted by Crippen LogP contribution is 2.68. The highest BCUT2D eigenvalue weighted by molar-refractivity contribution is 5.11. The standard InChI is InChI=1S/C21H35NO/c1-4-14-9-11-17-16-10-8-15-6-5-7-19(22-23)21(15,3)18(16)12-13-20(14,17)2/h14-19H,4-13H2,1-3H3/t14-,15?,16-,17-,18-,19?,20+,21-/m0/s1. The molecule has 2 nitrogen and oxygen atoms in total. The van der Waals surface area contributed by atoms with E-state index in [4.69, 9.17) is 0 Å². The number of nitrogens with zero attached hydrogens (tertiary/aromatic N) is 1. The molecule has 4 fully saturated rings. The molecule has 8 atom stereocenters. The summed E-state index contributed by atoms with van der Waals surface area (Å²) < 4.78 is 0. The minimum Gasteiger partial charge on any atom is -0.150 e. The van der Waals surface area contributed by atoms with Crippen molar-refractivity contribution in [3.63, 3.8) is 0 Å². The van der Waals surface area contributed by atoms with Crippen molar-refractivity contribution < 1.29 is 0 Å². The van der Waals surface area contributed by atoms with Gasteiger partial charge >= 0.3 is 0 Å². The zero-order chi connectivity index (χ0) is 16.2. The first kappa shape index (κ1) is 16.1. The van der Waals surface area contributed by atoms with Crippen molar-refractivity contribution in [3.05, 3.63) is 4.91 Å². The first-order chi connectivity index (χ1) is 11.1. The van der Waals surface area contributed by atoms with E-state index >= 15 is 0 Å². The van der Waals surface area contributed by atoms with Gasteiger partial charge in [0.2, 0.25) is 0 Å². The lowest BCUT2D eigenvalue weighted by molar-refractivity contribution is -0.119. The van der Waals surface area contributed by atoms with Gasteiger partial charge in [0.05, 0.1) is 6.04 Å². The zero-order valence-corrected chi connectivity index (χ0v) is 15.4. The van der Waals surface area contributed by atoms with Crippen molar-refractivity contribution in [2.24, 2.45) is 45.6 Å². The van der Waals surface area contributed by atoms with Crippen molar-refractivity contribution in [2.45, 2.75) is 91.0 Å². The van der Waals surface area contributed by atoms with E-state index in [1.54, 1.807) is 0 Å². The van der Waals surface area contributed by atoms with Crippen LogP contribution in [0.25, 0.3) is 0 Å². The summed E-state index contributed by atoms with van der Waals surface area (Å²) in [5, 5.41) is 3.68. The second-order valence-electron chi connectivity index (χ2n) is 9.80. The first-order valence-corrected chi connectivity index (χ1v) is 10.4. The van der Waals surface area contributed by atoms with E-state index in [1.165, 1.54) is 57.8 Å². The van der Waals surface area contributed by atoms with Crippen molar-refractivity contribution in [1.29, 1.82) is 0 Å². The van der Waals surface area contributed by atoms with Crippen molar-refractivity contribution in [2.75, 3.05) is 0 Å². The van der Waals surface area contributed by atoms with Crippen LogP contribution in [0.1, 0.15) is 85.0 Å². The molecule has 0 bridgehead atoms. The molecular weight excluding hydrogens is 282 g/mol. The Morgan fingerprint density at radius 3 is 2.52 bits per heavy atom. The Hall–Kier alpha value is -0.400. The highest BCUT2D eigenvalue weighted by Gasteiger charge is 2.61. The molecule has 0 aromatic carbocycles. The maximum Gasteiger partial charge on any atom is 0.0978 e. The van der Waals surface area contributed by atoms with Crippen LogP contribution in [-0.2, 0) is 0 Å². The number of hydrogen-bond donors (Lipinski definition) is 0. The van der Waals surface area contributed by atoms with Crippen LogP contribution in [-0.4, -0.2) is 6.04 Å². The van der Waals surface area contributed by atoms with Gasteiger partial charge in [-0.05, 0) is 91.8 Å². The van der Waals surface area contributed by atoms with Crippen LogP contribution in [0.5, 0.6) is 0 Å². The summed E-state index contributed by atoms with van der Waals surface area (Å²) in [4.78, 5) is 11.6. The molecular formula is C21H35NO. The van der Waals surface area contributed by atoms with E-state index in [0.29, 0.717) is 5.41 Å². The maximum atomic E-state index is 11.6. The Labute approximate surface area is 142 Å². The average Bonchev–Trinajstić information content (AvgIpc) is 2.90. The van der Waals surface area contributed by atoms with Gasteiger partial charge in [0.25, 0.3) is 0 Å². The predicted octanol–water partition coefficient (Wildman–Crippen LogP) is 6.19. The number of rotatable bonds is 2. The normalized spacial score (nSPS) is 55.6. The summed E-state index contributed by atoms with van der Waals surface area (Å²) in [7, 11) is 0. The number of fused-ring (bicyclic) bond motifs is 5. The summed E-state index contributed by atoms with van der Waals surface area (Å²) in [6.07, 6.45) is 13.5. The second kappa shape index (κ2) is 5.56. The Morgan fingerprint density at radius 2 is 1.78 bits per heavy atom. The Balaban J connectivity index is 1.67. The molecule has 2 heteroatoms. The van der Waals surface area contributed by atoms with Crippen molar-refractivity contribution in [1.82, 2.24) is 0 Å². The van der Waals surface area contributed by atoms with Gasteiger partial charge in [-0.2, -0.15) is 4.91 Å². The van der Waals surface area contributed by atoms with Gasteiger partial charge in [0, 0.05) is 0 Å². The lowest BCUT2D eigenvalue weighted by atomic mass is 9.44. The summed E-state index contributed by atoms with van der Waals surface area (Å²) in [5.74, 6) is 4.31. The van der Waals surface area contributed by atoms with Gasteiger partial charge in [0.1, 0.15) is 0 Å². The van der Waals surface area contributed by atoms with E-state index in [9.17, 15) is 4.91 Å². The highest BCUT2D eigenvalue weighted by atomic mass is 16.3. The number of nitroso groups, excluding NO2 is 1. The largest absolute Gasteiger partial charge is 0.150 e. The van der Waals surface area contributed by atoms with Crippen LogP contribution in [0.4, 0.5) is 0 Å². The van der Waals surface area contributed by atoms with Gasteiger partial charge in [-0.3, -0.25) is 0 Å². The molecule has 2 unspecified atom stereocenters. The summed E-state index contributed by atoms with van der Waals surface area (Å²) in [6, 6.07) is 0.0989. The lowest BCUT2D eigenvalue weighted by Gasteiger charge is -2.61. The monoisotopic (exact) mass is 317 g/mol. The third-order valence-corrected chi connectivity index (χ3v) is 9.53. The second-order valence-corrected chi connectivity index (χ2v) is 9.80. The van der Waals surface area contributed by atoms with E-state index < -0.39 is 0 Å².